The van der Waals surface area contributed by atoms with E-state index in [1.54, 1.807) is 12.4 Å². The number of nitrogens with zero attached hydrogens (tertiary/aromatic N) is 4. The Morgan fingerprint density at radius 3 is 2.48 bits per heavy atom. The Bertz CT molecular complexity index is 799. The molecule has 3 atom stereocenters. The molecule has 1 amide bonds. The van der Waals surface area contributed by atoms with E-state index in [9.17, 15) is 4.79 Å². The molecule has 3 fully saturated rings. The lowest BCUT2D eigenvalue weighted by Crippen LogP contribution is -2.53. The number of hydrogen-bond donors (Lipinski definition) is 0. The third kappa shape index (κ3) is 2.71. The molecular formula is C20H24N4O. The van der Waals surface area contributed by atoms with Gasteiger partial charge in [-0.2, -0.15) is 0 Å². The van der Waals surface area contributed by atoms with Crippen LogP contribution in [0.25, 0.3) is 11.0 Å². The Labute approximate surface area is 148 Å². The van der Waals surface area contributed by atoms with Gasteiger partial charge in [0.25, 0.3) is 5.91 Å². The Morgan fingerprint density at radius 2 is 1.76 bits per heavy atom. The van der Waals surface area contributed by atoms with Crippen LogP contribution in [0.15, 0.2) is 30.6 Å². The number of piperazine rings is 1. The van der Waals surface area contributed by atoms with E-state index < -0.39 is 0 Å². The van der Waals surface area contributed by atoms with E-state index in [0.717, 1.165) is 60.7 Å². The lowest BCUT2D eigenvalue weighted by Gasteiger charge is -2.41. The minimum Gasteiger partial charge on any atom is -0.336 e. The van der Waals surface area contributed by atoms with Gasteiger partial charge in [0.15, 0.2) is 0 Å². The molecule has 2 heterocycles. The van der Waals surface area contributed by atoms with Gasteiger partial charge in [-0.15, -0.1) is 0 Å². The third-order valence-corrected chi connectivity index (χ3v) is 6.49. The van der Waals surface area contributed by atoms with Crippen molar-refractivity contribution in [2.75, 3.05) is 26.2 Å². The van der Waals surface area contributed by atoms with Crippen molar-refractivity contribution in [2.24, 2.45) is 11.8 Å². The van der Waals surface area contributed by atoms with Gasteiger partial charge in [-0.1, -0.05) is 6.42 Å². The van der Waals surface area contributed by atoms with Crippen molar-refractivity contribution in [3.05, 3.63) is 36.2 Å². The van der Waals surface area contributed by atoms with E-state index in [-0.39, 0.29) is 5.91 Å². The van der Waals surface area contributed by atoms with Gasteiger partial charge < -0.3 is 4.90 Å². The quantitative estimate of drug-likeness (QED) is 0.846. The normalized spacial score (nSPS) is 29.4. The number of hydrogen-bond acceptors (Lipinski definition) is 4. The zero-order valence-electron chi connectivity index (χ0n) is 14.5. The molecule has 1 aliphatic heterocycles. The van der Waals surface area contributed by atoms with Crippen molar-refractivity contribution in [1.82, 2.24) is 19.8 Å². The molecule has 0 radical (unpaired) electrons. The Morgan fingerprint density at radius 1 is 0.960 bits per heavy atom. The van der Waals surface area contributed by atoms with Gasteiger partial charge in [-0.3, -0.25) is 19.7 Å². The lowest BCUT2D eigenvalue weighted by atomic mass is 9.93. The Balaban J connectivity index is 1.26. The zero-order chi connectivity index (χ0) is 16.8. The highest BCUT2D eigenvalue weighted by atomic mass is 16.2. The first-order valence-electron chi connectivity index (χ1n) is 9.52. The van der Waals surface area contributed by atoms with Crippen LogP contribution in [0.5, 0.6) is 0 Å². The van der Waals surface area contributed by atoms with Crippen LogP contribution in [0, 0.1) is 11.8 Å². The summed E-state index contributed by atoms with van der Waals surface area (Å²) in [6.07, 6.45) is 9.06. The molecule has 5 heteroatoms. The van der Waals surface area contributed by atoms with Gasteiger partial charge in [0, 0.05) is 50.2 Å². The maximum absolute atomic E-state index is 12.9. The highest BCUT2D eigenvalue weighted by molar-refractivity contribution is 5.97. The molecule has 0 spiro atoms. The summed E-state index contributed by atoms with van der Waals surface area (Å²) in [5, 5.41) is 0. The van der Waals surface area contributed by atoms with Crippen molar-refractivity contribution in [2.45, 2.75) is 31.7 Å². The van der Waals surface area contributed by atoms with Crippen molar-refractivity contribution in [3.63, 3.8) is 0 Å². The van der Waals surface area contributed by atoms with Crippen LogP contribution in [0.1, 0.15) is 36.0 Å². The van der Waals surface area contributed by atoms with E-state index >= 15 is 0 Å². The number of amides is 1. The second-order valence-electron chi connectivity index (χ2n) is 7.83. The molecule has 0 N–H and O–H groups in total. The van der Waals surface area contributed by atoms with Gasteiger partial charge in [0.1, 0.15) is 0 Å². The second-order valence-corrected chi connectivity index (χ2v) is 7.83. The zero-order valence-corrected chi connectivity index (χ0v) is 14.5. The van der Waals surface area contributed by atoms with Crippen molar-refractivity contribution >= 4 is 16.9 Å². The van der Waals surface area contributed by atoms with Gasteiger partial charge in [0.05, 0.1) is 11.0 Å². The third-order valence-electron chi connectivity index (χ3n) is 6.49. The van der Waals surface area contributed by atoms with E-state index in [1.807, 2.05) is 23.1 Å². The molecule has 1 aromatic carbocycles. The second kappa shape index (κ2) is 6.06. The Kier molecular flexibility index (Phi) is 3.70. The summed E-state index contributed by atoms with van der Waals surface area (Å²) in [4.78, 5) is 26.1. The molecular weight excluding hydrogens is 312 g/mol. The van der Waals surface area contributed by atoms with Gasteiger partial charge in [-0.05, 0) is 49.3 Å². The van der Waals surface area contributed by atoms with Gasteiger partial charge in [0.2, 0.25) is 0 Å². The minimum absolute atomic E-state index is 0.125. The predicted octanol–water partition coefficient (Wildman–Crippen LogP) is 2.58. The lowest BCUT2D eigenvalue weighted by molar-refractivity contribution is 0.0496. The van der Waals surface area contributed by atoms with Crippen LogP contribution in [-0.2, 0) is 0 Å². The summed E-state index contributed by atoms with van der Waals surface area (Å²) >= 11 is 0. The number of fused-ring (bicyclic) bond motifs is 3. The fraction of sp³-hybridized carbons (Fsp3) is 0.550. The monoisotopic (exact) mass is 336 g/mol. The topological polar surface area (TPSA) is 49.3 Å². The molecule has 1 saturated heterocycles. The smallest absolute Gasteiger partial charge is 0.254 e. The standard InChI is InChI=1S/C20H24N4O/c25-20(16-3-4-17-18(13-16)22-6-5-21-17)24-9-7-23(8-10-24)19-12-14-1-2-15(19)11-14/h3-6,13-15,19H,1-2,7-12H2/t14-,15-,19-/m0/s1. The van der Waals surface area contributed by atoms with E-state index in [4.69, 9.17) is 0 Å². The minimum atomic E-state index is 0.125. The van der Waals surface area contributed by atoms with Crippen molar-refractivity contribution in [3.8, 4) is 0 Å². The first-order chi connectivity index (χ1) is 12.3. The maximum Gasteiger partial charge on any atom is 0.254 e. The van der Waals surface area contributed by atoms with Crippen molar-refractivity contribution < 1.29 is 4.79 Å². The molecule has 2 aliphatic carbocycles. The number of carbonyl (C=O) groups is 1. The van der Waals surface area contributed by atoms with E-state index in [0.29, 0.717) is 0 Å². The molecule has 130 valence electrons. The molecule has 2 aromatic rings. The van der Waals surface area contributed by atoms with Crippen LogP contribution in [0.3, 0.4) is 0 Å². The van der Waals surface area contributed by atoms with Gasteiger partial charge in [-0.25, -0.2) is 0 Å². The van der Waals surface area contributed by atoms with Crippen LogP contribution in [-0.4, -0.2) is 57.9 Å². The summed E-state index contributed by atoms with van der Waals surface area (Å²) in [7, 11) is 0. The van der Waals surface area contributed by atoms with Crippen LogP contribution < -0.4 is 0 Å². The average Bonchev–Trinajstić information content (AvgIpc) is 3.31. The SMILES string of the molecule is O=C(c1ccc2nccnc2c1)N1CCN([C@H]2C[C@H]3CC[C@H]2C3)CC1. The number of aromatic nitrogens is 2. The summed E-state index contributed by atoms with van der Waals surface area (Å²) in [5.41, 5.74) is 2.34. The first-order valence-corrected chi connectivity index (χ1v) is 9.52. The van der Waals surface area contributed by atoms with E-state index in [1.165, 1.54) is 25.7 Å². The maximum atomic E-state index is 12.9. The number of rotatable bonds is 2. The van der Waals surface area contributed by atoms with Crippen molar-refractivity contribution in [1.29, 1.82) is 0 Å². The summed E-state index contributed by atoms with van der Waals surface area (Å²) in [5.74, 6) is 2.03. The summed E-state index contributed by atoms with van der Waals surface area (Å²) in [6, 6.07) is 6.42. The van der Waals surface area contributed by atoms with Crippen LogP contribution in [0.2, 0.25) is 0 Å². The highest BCUT2D eigenvalue weighted by Crippen LogP contribution is 2.46. The molecule has 3 aliphatic rings. The highest BCUT2D eigenvalue weighted by Gasteiger charge is 2.42. The Hall–Kier alpha value is -2.01. The average molecular weight is 336 g/mol. The fourth-order valence-corrected chi connectivity index (χ4v) is 5.19. The molecule has 5 nitrogen and oxygen atoms in total. The molecule has 2 saturated carbocycles. The largest absolute Gasteiger partial charge is 0.336 e. The molecule has 1 aromatic heterocycles. The van der Waals surface area contributed by atoms with Crippen LogP contribution >= 0.6 is 0 Å². The number of benzene rings is 1. The van der Waals surface area contributed by atoms with Crippen LogP contribution in [0.4, 0.5) is 0 Å². The molecule has 25 heavy (non-hydrogen) atoms. The van der Waals surface area contributed by atoms with Gasteiger partial charge >= 0.3 is 0 Å². The number of carbonyl (C=O) groups excluding carboxylic acids is 1. The van der Waals surface area contributed by atoms with E-state index in [2.05, 4.69) is 14.9 Å². The summed E-state index contributed by atoms with van der Waals surface area (Å²) < 4.78 is 0. The summed E-state index contributed by atoms with van der Waals surface area (Å²) in [6.45, 7) is 3.72. The molecule has 2 bridgehead atoms. The predicted molar refractivity (Wildman–Crippen MR) is 96.3 cm³/mol. The first kappa shape index (κ1) is 15.3. The fourth-order valence-electron chi connectivity index (χ4n) is 5.19. The molecule has 5 rings (SSSR count). The molecule has 0 unspecified atom stereocenters.